The van der Waals surface area contributed by atoms with E-state index in [1.165, 1.54) is 0 Å². The largest absolute Gasteiger partial charge is 0.381 e. The second-order valence-corrected chi connectivity index (χ2v) is 4.60. The van der Waals surface area contributed by atoms with Crippen molar-refractivity contribution in [3.8, 4) is 0 Å². The van der Waals surface area contributed by atoms with Crippen molar-refractivity contribution in [3.05, 3.63) is 34.6 Å². The number of nitrogens with two attached hydrogens (primary N) is 1. The van der Waals surface area contributed by atoms with Crippen molar-refractivity contribution in [3.63, 3.8) is 0 Å². The number of benzene rings is 1. The number of hydrazine groups is 1. The maximum Gasteiger partial charge on any atom is 0.128 e. The maximum atomic E-state index is 14.0. The van der Waals surface area contributed by atoms with Crippen molar-refractivity contribution < 1.29 is 9.13 Å². The van der Waals surface area contributed by atoms with E-state index in [0.29, 0.717) is 18.6 Å². The van der Waals surface area contributed by atoms with Gasteiger partial charge in [-0.1, -0.05) is 13.0 Å². The van der Waals surface area contributed by atoms with Crippen LogP contribution in [0.5, 0.6) is 0 Å². The molecule has 1 atom stereocenters. The quantitative estimate of drug-likeness (QED) is 0.447. The summed E-state index contributed by atoms with van der Waals surface area (Å²) in [4.78, 5) is 0. The summed E-state index contributed by atoms with van der Waals surface area (Å²) in [5, 5.41) is 0. The Morgan fingerprint density at radius 2 is 2.06 bits per heavy atom. The number of hydrogen-bond donors (Lipinski definition) is 2. The second kappa shape index (κ2) is 7.46. The first kappa shape index (κ1) is 15.1. The highest BCUT2D eigenvalue weighted by molar-refractivity contribution is 5.34. The molecule has 0 aliphatic heterocycles. The predicted molar refractivity (Wildman–Crippen MR) is 71.7 cm³/mol. The van der Waals surface area contributed by atoms with Gasteiger partial charge in [0.05, 0.1) is 6.04 Å². The number of rotatable bonds is 7. The Morgan fingerprint density at radius 3 is 2.61 bits per heavy atom. The lowest BCUT2D eigenvalue weighted by molar-refractivity contribution is 0.124. The predicted octanol–water partition coefficient (Wildman–Crippen LogP) is 2.76. The zero-order chi connectivity index (χ0) is 13.5. The van der Waals surface area contributed by atoms with Crippen LogP contribution < -0.4 is 11.3 Å². The van der Waals surface area contributed by atoms with E-state index in [2.05, 4.69) is 12.3 Å². The molecule has 1 rings (SSSR count). The summed E-state index contributed by atoms with van der Waals surface area (Å²) >= 11 is 0. The van der Waals surface area contributed by atoms with Gasteiger partial charge >= 0.3 is 0 Å². The Balaban J connectivity index is 2.75. The Bertz CT molecular complexity index is 359. The van der Waals surface area contributed by atoms with Gasteiger partial charge in [-0.25, -0.2) is 4.39 Å². The number of ether oxygens (including phenoxy) is 1. The van der Waals surface area contributed by atoms with E-state index in [1.54, 1.807) is 6.07 Å². The minimum absolute atomic E-state index is 0.203. The fourth-order valence-electron chi connectivity index (χ4n) is 2.13. The molecule has 0 heterocycles. The topological polar surface area (TPSA) is 47.3 Å². The first-order valence-electron chi connectivity index (χ1n) is 6.40. The Kier molecular flexibility index (Phi) is 6.25. The molecule has 0 bridgehead atoms. The third-order valence-corrected chi connectivity index (χ3v) is 2.93. The summed E-state index contributed by atoms with van der Waals surface area (Å²) in [6, 6.07) is 3.30. The van der Waals surface area contributed by atoms with Crippen LogP contribution in [0.3, 0.4) is 0 Å². The fraction of sp³-hybridized carbons (Fsp3) is 0.571. The first-order valence-corrected chi connectivity index (χ1v) is 6.40. The van der Waals surface area contributed by atoms with E-state index in [9.17, 15) is 4.39 Å². The zero-order valence-corrected chi connectivity index (χ0v) is 11.4. The maximum absolute atomic E-state index is 14.0. The van der Waals surface area contributed by atoms with Crippen LogP contribution in [0.2, 0.25) is 0 Å². The normalized spacial score (nSPS) is 12.7. The summed E-state index contributed by atoms with van der Waals surface area (Å²) < 4.78 is 19.4. The molecule has 102 valence electrons. The molecule has 0 fully saturated rings. The Morgan fingerprint density at radius 1 is 1.33 bits per heavy atom. The van der Waals surface area contributed by atoms with E-state index >= 15 is 0 Å². The van der Waals surface area contributed by atoms with Gasteiger partial charge in [0.1, 0.15) is 5.82 Å². The van der Waals surface area contributed by atoms with Crippen molar-refractivity contribution in [1.29, 1.82) is 0 Å². The van der Waals surface area contributed by atoms with Crippen molar-refractivity contribution >= 4 is 0 Å². The number of hydrogen-bond acceptors (Lipinski definition) is 3. The van der Waals surface area contributed by atoms with Crippen LogP contribution in [-0.4, -0.2) is 13.2 Å². The highest BCUT2D eigenvalue weighted by Crippen LogP contribution is 2.24. The average molecular weight is 254 g/mol. The molecule has 1 aromatic carbocycles. The molecule has 3 N–H and O–H groups in total. The molecule has 3 nitrogen and oxygen atoms in total. The lowest BCUT2D eigenvalue weighted by atomic mass is 9.97. The number of halogens is 1. The molecule has 0 radical (unpaired) electrons. The van der Waals surface area contributed by atoms with Crippen LogP contribution in [0.1, 0.15) is 42.5 Å². The van der Waals surface area contributed by atoms with Gasteiger partial charge in [-0.05, 0) is 43.9 Å². The molecule has 1 unspecified atom stereocenters. The molecular formula is C14H23FN2O. The Labute approximate surface area is 108 Å². The van der Waals surface area contributed by atoms with Crippen LogP contribution in [0.25, 0.3) is 0 Å². The molecule has 18 heavy (non-hydrogen) atoms. The fourth-order valence-corrected chi connectivity index (χ4v) is 2.13. The van der Waals surface area contributed by atoms with Crippen LogP contribution in [-0.2, 0) is 4.74 Å². The van der Waals surface area contributed by atoms with Gasteiger partial charge in [0.2, 0.25) is 0 Å². The van der Waals surface area contributed by atoms with E-state index in [4.69, 9.17) is 10.6 Å². The third-order valence-electron chi connectivity index (χ3n) is 2.93. The van der Waals surface area contributed by atoms with Crippen molar-refractivity contribution in [2.45, 2.75) is 39.7 Å². The molecule has 0 saturated heterocycles. The molecule has 0 saturated carbocycles. The SMILES string of the molecule is CCCOCCC(NN)c1c(C)cc(C)cc1F. The standard InChI is InChI=1S/C14H23FN2O/c1-4-6-18-7-5-13(17-16)14-11(3)8-10(2)9-12(14)15/h8-9,13,17H,4-7,16H2,1-3H3. The zero-order valence-electron chi connectivity index (χ0n) is 11.4. The van der Waals surface area contributed by atoms with E-state index < -0.39 is 0 Å². The molecule has 0 aliphatic rings. The lowest BCUT2D eigenvalue weighted by Crippen LogP contribution is -2.30. The summed E-state index contributed by atoms with van der Waals surface area (Å²) in [6.45, 7) is 7.16. The number of aryl methyl sites for hydroxylation is 2. The number of nitrogens with one attached hydrogen (secondary N) is 1. The second-order valence-electron chi connectivity index (χ2n) is 4.60. The molecule has 0 amide bonds. The van der Waals surface area contributed by atoms with E-state index in [1.807, 2.05) is 19.9 Å². The highest BCUT2D eigenvalue weighted by atomic mass is 19.1. The van der Waals surface area contributed by atoms with Crippen LogP contribution in [0.15, 0.2) is 12.1 Å². The van der Waals surface area contributed by atoms with Gasteiger partial charge in [-0.15, -0.1) is 0 Å². The van der Waals surface area contributed by atoms with Gasteiger partial charge in [0, 0.05) is 18.8 Å². The highest BCUT2D eigenvalue weighted by Gasteiger charge is 2.17. The third kappa shape index (κ3) is 4.05. The minimum Gasteiger partial charge on any atom is -0.381 e. The van der Waals surface area contributed by atoms with Crippen molar-refractivity contribution in [2.24, 2.45) is 5.84 Å². The monoisotopic (exact) mass is 254 g/mol. The van der Waals surface area contributed by atoms with E-state index in [-0.39, 0.29) is 11.9 Å². The molecular weight excluding hydrogens is 231 g/mol. The van der Waals surface area contributed by atoms with Gasteiger partial charge in [0.25, 0.3) is 0 Å². The molecule has 0 aliphatic carbocycles. The van der Waals surface area contributed by atoms with Gasteiger partial charge in [-0.2, -0.15) is 0 Å². The molecule has 1 aromatic rings. The first-order chi connectivity index (χ1) is 8.60. The summed E-state index contributed by atoms with van der Waals surface area (Å²) in [7, 11) is 0. The smallest absolute Gasteiger partial charge is 0.128 e. The van der Waals surface area contributed by atoms with Gasteiger partial charge in [0.15, 0.2) is 0 Å². The minimum atomic E-state index is -0.206. The Hall–Kier alpha value is -0.970. The van der Waals surface area contributed by atoms with Crippen molar-refractivity contribution in [1.82, 2.24) is 5.43 Å². The summed E-state index contributed by atoms with van der Waals surface area (Å²) in [6.07, 6.45) is 1.65. The van der Waals surface area contributed by atoms with Gasteiger partial charge < -0.3 is 4.74 Å². The lowest BCUT2D eigenvalue weighted by Gasteiger charge is -2.19. The summed E-state index contributed by atoms with van der Waals surface area (Å²) in [5.41, 5.74) is 5.16. The molecule has 4 heteroatoms. The molecule has 0 aromatic heterocycles. The van der Waals surface area contributed by atoms with Crippen LogP contribution >= 0.6 is 0 Å². The van der Waals surface area contributed by atoms with E-state index in [0.717, 1.165) is 24.2 Å². The van der Waals surface area contributed by atoms with Crippen LogP contribution in [0, 0.1) is 19.7 Å². The van der Waals surface area contributed by atoms with Crippen molar-refractivity contribution in [2.75, 3.05) is 13.2 Å². The van der Waals surface area contributed by atoms with Crippen LogP contribution in [0.4, 0.5) is 4.39 Å². The summed E-state index contributed by atoms with van der Waals surface area (Å²) in [5.74, 6) is 5.32. The van der Waals surface area contributed by atoms with Gasteiger partial charge in [-0.3, -0.25) is 11.3 Å². The molecule has 0 spiro atoms. The average Bonchev–Trinajstić information content (AvgIpc) is 2.31.